The van der Waals surface area contributed by atoms with Gasteiger partial charge in [0.2, 0.25) is 0 Å². The number of nitrogens with one attached hydrogen (secondary N) is 2. The maximum Gasteiger partial charge on any atom is 0.180 e. The molecule has 0 aromatic carbocycles. The lowest BCUT2D eigenvalue weighted by Gasteiger charge is -1.99. The van der Waals surface area contributed by atoms with Crippen molar-refractivity contribution in [3.8, 4) is 17.2 Å². The van der Waals surface area contributed by atoms with Crippen LogP contribution in [0, 0.1) is 0 Å². The number of hydrogen-bond donors (Lipinski definition) is 2. The van der Waals surface area contributed by atoms with Gasteiger partial charge in [-0.1, -0.05) is 0 Å². The molecule has 3 aromatic rings. The Morgan fingerprint density at radius 1 is 1.27 bits per heavy atom. The van der Waals surface area contributed by atoms with E-state index in [4.69, 9.17) is 0 Å². The summed E-state index contributed by atoms with van der Waals surface area (Å²) >= 11 is 0. The number of aromatic nitrogens is 6. The summed E-state index contributed by atoms with van der Waals surface area (Å²) in [7, 11) is 0. The largest absolute Gasteiger partial charge is 0.341 e. The van der Waals surface area contributed by atoms with E-state index in [0.717, 1.165) is 17.2 Å². The zero-order valence-electron chi connectivity index (χ0n) is 7.75. The summed E-state index contributed by atoms with van der Waals surface area (Å²) < 4.78 is 1.70. The van der Waals surface area contributed by atoms with Crippen LogP contribution in [0.1, 0.15) is 0 Å². The average molecular weight is 200 g/mol. The average Bonchev–Trinajstić information content (AvgIpc) is 3.01. The van der Waals surface area contributed by atoms with Gasteiger partial charge in [0, 0.05) is 18.6 Å². The molecule has 2 N–H and O–H groups in total. The van der Waals surface area contributed by atoms with E-state index in [1.165, 1.54) is 0 Å². The van der Waals surface area contributed by atoms with Crippen molar-refractivity contribution in [3.05, 3.63) is 37.1 Å². The second-order valence-electron chi connectivity index (χ2n) is 3.02. The van der Waals surface area contributed by atoms with E-state index in [1.807, 2.05) is 18.3 Å². The minimum Gasteiger partial charge on any atom is -0.341 e. The Kier molecular flexibility index (Phi) is 1.64. The molecule has 15 heavy (non-hydrogen) atoms. The molecule has 0 aliphatic carbocycles. The molecule has 0 aliphatic heterocycles. The molecule has 0 radical (unpaired) electrons. The zero-order valence-corrected chi connectivity index (χ0v) is 7.75. The van der Waals surface area contributed by atoms with Crippen LogP contribution in [-0.2, 0) is 0 Å². The van der Waals surface area contributed by atoms with Crippen LogP contribution in [0.5, 0.6) is 0 Å². The zero-order chi connectivity index (χ0) is 10.1. The lowest BCUT2D eigenvalue weighted by atomic mass is 10.3. The Bertz CT molecular complexity index is 484. The predicted octanol–water partition coefficient (Wildman–Crippen LogP) is 0.985. The van der Waals surface area contributed by atoms with Crippen LogP contribution in [0.2, 0.25) is 0 Å². The highest BCUT2D eigenvalue weighted by atomic mass is 15.3. The summed E-state index contributed by atoms with van der Waals surface area (Å²) in [5.74, 6) is 0.754. The third-order valence-electron chi connectivity index (χ3n) is 2.11. The highest BCUT2D eigenvalue weighted by Crippen LogP contribution is 2.19. The van der Waals surface area contributed by atoms with Crippen LogP contribution < -0.4 is 0 Å². The van der Waals surface area contributed by atoms with E-state index < -0.39 is 0 Å². The number of nitrogens with zero attached hydrogens (tertiary/aromatic N) is 4. The van der Waals surface area contributed by atoms with Crippen molar-refractivity contribution in [1.82, 2.24) is 29.9 Å². The predicted molar refractivity (Wildman–Crippen MR) is 53.3 cm³/mol. The summed E-state index contributed by atoms with van der Waals surface area (Å²) in [5, 5.41) is 10.9. The van der Waals surface area contributed by atoms with Gasteiger partial charge in [-0.3, -0.25) is 5.10 Å². The van der Waals surface area contributed by atoms with Crippen LogP contribution in [0.3, 0.4) is 0 Å². The second kappa shape index (κ2) is 3.09. The van der Waals surface area contributed by atoms with E-state index in [-0.39, 0.29) is 0 Å². The number of rotatable bonds is 2. The van der Waals surface area contributed by atoms with Gasteiger partial charge >= 0.3 is 0 Å². The van der Waals surface area contributed by atoms with Gasteiger partial charge in [0.1, 0.15) is 5.69 Å². The van der Waals surface area contributed by atoms with Crippen molar-refractivity contribution in [1.29, 1.82) is 0 Å². The highest BCUT2D eigenvalue weighted by molar-refractivity contribution is 5.62. The molecule has 0 bridgehead atoms. The fourth-order valence-corrected chi connectivity index (χ4v) is 1.45. The molecule has 0 saturated carbocycles. The Labute approximate surface area is 85.0 Å². The summed E-state index contributed by atoms with van der Waals surface area (Å²) in [4.78, 5) is 7.26. The van der Waals surface area contributed by atoms with Crippen molar-refractivity contribution < 1.29 is 0 Å². The minimum atomic E-state index is 0.754. The molecule has 3 rings (SSSR count). The van der Waals surface area contributed by atoms with Gasteiger partial charge in [-0.05, 0) is 12.1 Å². The van der Waals surface area contributed by atoms with Gasteiger partial charge in [0.25, 0.3) is 0 Å². The van der Waals surface area contributed by atoms with Gasteiger partial charge < -0.3 is 4.98 Å². The molecule has 3 heterocycles. The van der Waals surface area contributed by atoms with E-state index >= 15 is 0 Å². The molecule has 0 fully saturated rings. The van der Waals surface area contributed by atoms with Crippen molar-refractivity contribution in [2.24, 2.45) is 0 Å². The van der Waals surface area contributed by atoms with E-state index in [2.05, 4.69) is 25.3 Å². The first-order chi connectivity index (χ1) is 7.45. The smallest absolute Gasteiger partial charge is 0.180 e. The number of H-pyrrole nitrogens is 2. The molecule has 0 amide bonds. The molecule has 0 saturated heterocycles. The van der Waals surface area contributed by atoms with Crippen LogP contribution >= 0.6 is 0 Å². The lowest BCUT2D eigenvalue weighted by Crippen LogP contribution is -1.97. The second-order valence-corrected chi connectivity index (χ2v) is 3.02. The van der Waals surface area contributed by atoms with Crippen molar-refractivity contribution in [2.45, 2.75) is 0 Å². The first-order valence-electron chi connectivity index (χ1n) is 4.48. The van der Waals surface area contributed by atoms with Gasteiger partial charge in [-0.2, -0.15) is 10.2 Å². The van der Waals surface area contributed by atoms with Crippen LogP contribution in [-0.4, -0.2) is 29.9 Å². The maximum atomic E-state index is 4.21. The van der Waals surface area contributed by atoms with Gasteiger partial charge in [-0.15, -0.1) is 0 Å². The molecule has 0 spiro atoms. The number of imidazole rings is 1. The molecular weight excluding hydrogens is 192 g/mol. The molecule has 6 heteroatoms. The monoisotopic (exact) mass is 200 g/mol. The Morgan fingerprint density at radius 2 is 2.27 bits per heavy atom. The molecular formula is C9H8N6. The van der Waals surface area contributed by atoms with E-state index in [0.29, 0.717) is 0 Å². The maximum absolute atomic E-state index is 4.21. The van der Waals surface area contributed by atoms with Gasteiger partial charge in [0.05, 0.1) is 12.0 Å². The molecule has 6 nitrogen and oxygen atoms in total. The third kappa shape index (κ3) is 1.23. The molecule has 0 unspecified atom stereocenters. The van der Waals surface area contributed by atoms with Crippen LogP contribution in [0.15, 0.2) is 37.1 Å². The standard InChI is InChI=1S/C9H8N6/c1-3-13-15(5-1)9-8(10-6-11-9)7-2-4-12-14-7/h1-6H,(H,10,11)(H,12,14). The lowest BCUT2D eigenvalue weighted by molar-refractivity contribution is 0.855. The fraction of sp³-hybridized carbons (Fsp3) is 0. The van der Waals surface area contributed by atoms with Gasteiger partial charge in [0.15, 0.2) is 5.82 Å². The fourth-order valence-electron chi connectivity index (χ4n) is 1.45. The molecule has 74 valence electrons. The Balaban J connectivity index is 2.15. The quantitative estimate of drug-likeness (QED) is 0.647. The Morgan fingerprint density at radius 3 is 3.00 bits per heavy atom. The summed E-state index contributed by atoms with van der Waals surface area (Å²) in [6.07, 6.45) is 6.89. The summed E-state index contributed by atoms with van der Waals surface area (Å²) in [6.45, 7) is 0. The normalized spacial score (nSPS) is 10.7. The van der Waals surface area contributed by atoms with Crippen molar-refractivity contribution >= 4 is 0 Å². The first kappa shape index (κ1) is 7.98. The van der Waals surface area contributed by atoms with Crippen molar-refractivity contribution in [2.75, 3.05) is 0 Å². The molecule has 0 atom stereocenters. The summed E-state index contributed by atoms with van der Waals surface area (Å²) in [5.41, 5.74) is 1.76. The summed E-state index contributed by atoms with van der Waals surface area (Å²) in [6, 6.07) is 3.73. The SMILES string of the molecule is c1cnn(-c2nc[nH]c2-c2ccn[nH]2)c1. The van der Waals surface area contributed by atoms with E-state index in [9.17, 15) is 0 Å². The van der Waals surface area contributed by atoms with Crippen LogP contribution in [0.25, 0.3) is 17.2 Å². The minimum absolute atomic E-state index is 0.754. The van der Waals surface area contributed by atoms with Crippen molar-refractivity contribution in [3.63, 3.8) is 0 Å². The topological polar surface area (TPSA) is 75.2 Å². The van der Waals surface area contributed by atoms with Crippen LogP contribution in [0.4, 0.5) is 0 Å². The highest BCUT2D eigenvalue weighted by Gasteiger charge is 2.10. The third-order valence-corrected chi connectivity index (χ3v) is 2.11. The number of aromatic amines is 2. The first-order valence-corrected chi connectivity index (χ1v) is 4.48. The number of hydrogen-bond acceptors (Lipinski definition) is 3. The van der Waals surface area contributed by atoms with Gasteiger partial charge in [-0.25, -0.2) is 9.67 Å². The molecule has 3 aromatic heterocycles. The molecule has 0 aliphatic rings. The van der Waals surface area contributed by atoms with E-state index in [1.54, 1.807) is 23.4 Å². The Hall–Kier alpha value is -2.37.